The molecule has 2 aromatic heterocycles. The van der Waals surface area contributed by atoms with Crippen LogP contribution in [0, 0.1) is 0 Å². The molecule has 2 N–H and O–H groups in total. The van der Waals surface area contributed by atoms with Gasteiger partial charge in [0.15, 0.2) is 5.69 Å². The Morgan fingerprint density at radius 2 is 1.77 bits per heavy atom. The Balaban J connectivity index is 1.29. The number of halogens is 3. The molecule has 4 aromatic rings. The minimum Gasteiger partial charge on any atom is -0.402 e. The number of benzene rings is 2. The zero-order valence-corrected chi connectivity index (χ0v) is 21.1. The summed E-state index contributed by atoms with van der Waals surface area (Å²) in [5.74, 6) is -0.509. The first-order valence-corrected chi connectivity index (χ1v) is 12.9. The van der Waals surface area contributed by atoms with Gasteiger partial charge in [0.05, 0.1) is 31.1 Å². The van der Waals surface area contributed by atoms with Gasteiger partial charge in [-0.3, -0.25) is 4.79 Å². The van der Waals surface area contributed by atoms with Crippen LogP contribution in [0.1, 0.15) is 5.01 Å². The van der Waals surface area contributed by atoms with Crippen LogP contribution >= 0.6 is 11.3 Å². The lowest BCUT2D eigenvalue weighted by molar-refractivity contribution is -0.137. The molecule has 1 fully saturated rings. The van der Waals surface area contributed by atoms with Crippen molar-refractivity contribution < 1.29 is 27.1 Å². The lowest BCUT2D eigenvalue weighted by atomic mass is 10.2. The molecule has 1 amide bonds. The van der Waals surface area contributed by atoms with Crippen molar-refractivity contribution in [3.05, 3.63) is 59.6 Å². The van der Waals surface area contributed by atoms with Gasteiger partial charge in [0.1, 0.15) is 11.0 Å². The van der Waals surface area contributed by atoms with Gasteiger partial charge in [0.25, 0.3) is 5.89 Å². The fourth-order valence-electron chi connectivity index (χ4n) is 4.44. The molecule has 1 saturated heterocycles. The van der Waals surface area contributed by atoms with Crippen LogP contribution < -0.4 is 20.4 Å². The number of carbonyl (C=O) groups excluding carboxylic acids is 1. The van der Waals surface area contributed by atoms with E-state index in [0.29, 0.717) is 43.3 Å². The number of anilines is 5. The Morgan fingerprint density at radius 3 is 2.54 bits per heavy atom. The normalized spacial score (nSPS) is 17.9. The van der Waals surface area contributed by atoms with Gasteiger partial charge in [-0.15, -0.1) is 5.10 Å². The van der Waals surface area contributed by atoms with Crippen molar-refractivity contribution in [1.29, 1.82) is 0 Å². The van der Waals surface area contributed by atoms with E-state index in [1.165, 1.54) is 0 Å². The van der Waals surface area contributed by atoms with Gasteiger partial charge in [-0.1, -0.05) is 46.8 Å². The molecular weight excluding hydrogens is 535 g/mol. The molecule has 0 aliphatic carbocycles. The highest BCUT2D eigenvalue weighted by Crippen LogP contribution is 2.43. The third-order valence-corrected chi connectivity index (χ3v) is 7.44. The predicted octanol–water partition coefficient (Wildman–Crippen LogP) is 4.62. The molecule has 1 atom stereocenters. The quantitative estimate of drug-likeness (QED) is 0.363. The number of morpholine rings is 1. The standard InChI is InChI=1S/C25H22F3N7O3S/c26-25(27,28)23-31-19(22(39-23)34-10-12-37-13-11-34)21-32-33-24(38-21)30-17-14-35(15-6-2-1-3-7-15)18-9-5-4-8-16(18)29-20(17)36/h1-9,17H,10-14H2,(H,29,36)(H,30,33). The molecule has 1 unspecified atom stereocenters. The second kappa shape index (κ2) is 10.2. The number of nitrogens with one attached hydrogen (secondary N) is 2. The van der Waals surface area contributed by atoms with E-state index in [1.54, 1.807) is 4.90 Å². The van der Waals surface area contributed by atoms with Crippen molar-refractivity contribution in [3.63, 3.8) is 0 Å². The number of hydrogen-bond donors (Lipinski definition) is 2. The molecule has 14 heteroatoms. The Bertz CT molecular complexity index is 1470. The summed E-state index contributed by atoms with van der Waals surface area (Å²) in [5, 5.41) is 13.1. The maximum atomic E-state index is 13.5. The summed E-state index contributed by atoms with van der Waals surface area (Å²) in [4.78, 5) is 20.7. The van der Waals surface area contributed by atoms with Crippen LogP contribution in [-0.4, -0.2) is 60.0 Å². The molecule has 0 saturated carbocycles. The molecule has 4 heterocycles. The van der Waals surface area contributed by atoms with Gasteiger partial charge in [-0.2, -0.15) is 13.2 Å². The van der Waals surface area contributed by atoms with Crippen LogP contribution in [0.25, 0.3) is 11.6 Å². The van der Waals surface area contributed by atoms with E-state index in [4.69, 9.17) is 9.15 Å². The third kappa shape index (κ3) is 5.12. The van der Waals surface area contributed by atoms with Crippen LogP contribution in [0.4, 0.5) is 41.2 Å². The number of para-hydroxylation sites is 3. The molecule has 2 aliphatic heterocycles. The zero-order chi connectivity index (χ0) is 27.0. The summed E-state index contributed by atoms with van der Waals surface area (Å²) in [6.45, 7) is 1.80. The average Bonchev–Trinajstić information content (AvgIpc) is 3.57. The molecule has 2 aliphatic rings. The van der Waals surface area contributed by atoms with Crippen LogP contribution in [0.2, 0.25) is 0 Å². The molecule has 0 bridgehead atoms. The number of carbonyl (C=O) groups is 1. The Hall–Kier alpha value is -4.17. The smallest absolute Gasteiger partial charge is 0.402 e. The summed E-state index contributed by atoms with van der Waals surface area (Å²) in [7, 11) is 0. The van der Waals surface area contributed by atoms with Gasteiger partial charge in [0, 0.05) is 18.8 Å². The highest BCUT2D eigenvalue weighted by Gasteiger charge is 2.38. The van der Waals surface area contributed by atoms with E-state index in [9.17, 15) is 18.0 Å². The molecule has 10 nitrogen and oxygen atoms in total. The van der Waals surface area contributed by atoms with E-state index >= 15 is 0 Å². The second-order valence-electron chi connectivity index (χ2n) is 8.83. The minimum absolute atomic E-state index is 0.0570. The highest BCUT2D eigenvalue weighted by molar-refractivity contribution is 7.16. The summed E-state index contributed by atoms with van der Waals surface area (Å²) in [6.07, 6.45) is -4.63. The number of hydrogen-bond acceptors (Lipinski definition) is 10. The summed E-state index contributed by atoms with van der Waals surface area (Å²) >= 11 is 0.522. The molecule has 0 radical (unpaired) electrons. The second-order valence-corrected chi connectivity index (χ2v) is 9.81. The van der Waals surface area contributed by atoms with Crippen molar-refractivity contribution in [2.75, 3.05) is 53.3 Å². The number of thiazole rings is 1. The first-order valence-electron chi connectivity index (χ1n) is 12.1. The molecule has 0 spiro atoms. The molecule has 2 aromatic carbocycles. The lowest BCUT2D eigenvalue weighted by Gasteiger charge is -2.27. The summed E-state index contributed by atoms with van der Waals surface area (Å²) < 4.78 is 51.6. The van der Waals surface area contributed by atoms with Crippen molar-refractivity contribution in [1.82, 2.24) is 15.2 Å². The summed E-state index contributed by atoms with van der Waals surface area (Å²) in [5.41, 5.74) is 2.26. The number of amides is 1. The fraction of sp³-hybridized carbons (Fsp3) is 0.280. The molecule has 6 rings (SSSR count). The van der Waals surface area contributed by atoms with Crippen molar-refractivity contribution >= 4 is 45.3 Å². The number of rotatable bonds is 5. The van der Waals surface area contributed by atoms with E-state index in [-0.39, 0.29) is 35.1 Å². The predicted molar refractivity (Wildman–Crippen MR) is 139 cm³/mol. The maximum absolute atomic E-state index is 13.5. The molecule has 39 heavy (non-hydrogen) atoms. The zero-order valence-electron chi connectivity index (χ0n) is 20.3. The number of nitrogens with zero attached hydrogens (tertiary/aromatic N) is 5. The van der Waals surface area contributed by atoms with E-state index < -0.39 is 17.2 Å². The lowest BCUT2D eigenvalue weighted by Crippen LogP contribution is -2.40. The Labute approximate surface area is 224 Å². The van der Waals surface area contributed by atoms with Crippen LogP contribution in [0.5, 0.6) is 0 Å². The number of ether oxygens (including phenoxy) is 1. The van der Waals surface area contributed by atoms with Crippen LogP contribution in [-0.2, 0) is 15.7 Å². The molecular formula is C25H22F3N7O3S. The van der Waals surface area contributed by atoms with Gasteiger partial charge in [0.2, 0.25) is 10.9 Å². The SMILES string of the molecule is O=C1Nc2ccccc2N(c2ccccc2)CC1Nc1nnc(-c2nc(C(F)(F)F)sc2N2CCOCC2)o1. The fourth-order valence-corrected chi connectivity index (χ4v) is 5.42. The van der Waals surface area contributed by atoms with E-state index in [2.05, 4.69) is 25.8 Å². The largest absolute Gasteiger partial charge is 0.443 e. The van der Waals surface area contributed by atoms with Gasteiger partial charge in [-0.25, -0.2) is 4.98 Å². The first-order chi connectivity index (χ1) is 18.9. The van der Waals surface area contributed by atoms with Crippen molar-refractivity contribution in [2.45, 2.75) is 12.2 Å². The number of fused-ring (bicyclic) bond motifs is 1. The van der Waals surface area contributed by atoms with Crippen molar-refractivity contribution in [3.8, 4) is 11.6 Å². The van der Waals surface area contributed by atoms with Crippen LogP contribution in [0.15, 0.2) is 59.0 Å². The third-order valence-electron chi connectivity index (χ3n) is 6.28. The Kier molecular flexibility index (Phi) is 6.56. The van der Waals surface area contributed by atoms with Gasteiger partial charge in [-0.05, 0) is 24.3 Å². The average molecular weight is 558 g/mol. The van der Waals surface area contributed by atoms with E-state index in [0.717, 1.165) is 11.4 Å². The topological polar surface area (TPSA) is 109 Å². The summed E-state index contributed by atoms with van der Waals surface area (Å²) in [6, 6.07) is 16.1. The van der Waals surface area contributed by atoms with E-state index in [1.807, 2.05) is 59.5 Å². The van der Waals surface area contributed by atoms with Crippen LogP contribution in [0.3, 0.4) is 0 Å². The Morgan fingerprint density at radius 1 is 1.03 bits per heavy atom. The minimum atomic E-state index is -4.63. The molecule has 202 valence electrons. The van der Waals surface area contributed by atoms with Gasteiger partial charge >= 0.3 is 12.2 Å². The maximum Gasteiger partial charge on any atom is 0.443 e. The van der Waals surface area contributed by atoms with Crippen molar-refractivity contribution in [2.24, 2.45) is 0 Å². The first kappa shape index (κ1) is 25.1. The highest BCUT2D eigenvalue weighted by atomic mass is 32.1. The number of aromatic nitrogens is 3. The monoisotopic (exact) mass is 557 g/mol. The van der Waals surface area contributed by atoms with Gasteiger partial charge < -0.3 is 29.6 Å². The number of alkyl halides is 3.